The molecule has 140 valence electrons. The third-order valence-corrected chi connectivity index (χ3v) is 3.55. The first kappa shape index (κ1) is 23.5. The van der Waals surface area contributed by atoms with Crippen molar-refractivity contribution in [1.82, 2.24) is 25.4 Å². The number of hydrogen-bond donors (Lipinski definition) is 2. The van der Waals surface area contributed by atoms with Crippen molar-refractivity contribution in [3.8, 4) is 5.82 Å². The molecule has 2 aromatic heterocycles. The Hall–Kier alpha value is -1.48. The molecule has 0 bridgehead atoms. The van der Waals surface area contributed by atoms with Crippen LogP contribution in [0.5, 0.6) is 0 Å². The van der Waals surface area contributed by atoms with Crippen molar-refractivity contribution in [2.75, 3.05) is 13.6 Å². The predicted molar refractivity (Wildman–Crippen MR) is 96.7 cm³/mol. The summed E-state index contributed by atoms with van der Waals surface area (Å²) in [6, 6.07) is 3.09. The highest BCUT2D eigenvalue weighted by Gasteiger charge is 2.26. The van der Waals surface area contributed by atoms with Crippen LogP contribution in [0.15, 0.2) is 24.5 Å². The molecule has 1 unspecified atom stereocenters. The molecular formula is C14H18Cl3F2N5O. The van der Waals surface area contributed by atoms with E-state index in [1.807, 2.05) is 6.92 Å². The summed E-state index contributed by atoms with van der Waals surface area (Å²) < 4.78 is 27.8. The number of nitrogens with zero attached hydrogens (tertiary/aromatic N) is 3. The summed E-state index contributed by atoms with van der Waals surface area (Å²) >= 11 is 5.97. The van der Waals surface area contributed by atoms with E-state index in [1.54, 1.807) is 13.1 Å². The Balaban J connectivity index is 0.00000288. The molecule has 0 aliphatic heterocycles. The fraction of sp³-hybridized carbons (Fsp3) is 0.357. The van der Waals surface area contributed by atoms with E-state index in [1.165, 1.54) is 12.3 Å². The van der Waals surface area contributed by atoms with Crippen molar-refractivity contribution in [2.45, 2.75) is 19.4 Å². The Morgan fingerprint density at radius 3 is 2.64 bits per heavy atom. The molecule has 0 radical (unpaired) electrons. The maximum absolute atomic E-state index is 13.4. The monoisotopic (exact) mass is 415 g/mol. The van der Waals surface area contributed by atoms with E-state index in [-0.39, 0.29) is 47.3 Å². The Kier molecular flexibility index (Phi) is 9.88. The minimum atomic E-state index is -2.90. The zero-order chi connectivity index (χ0) is 17.0. The van der Waals surface area contributed by atoms with Crippen LogP contribution in [-0.2, 0) is 0 Å². The molecule has 0 spiro atoms. The third-order valence-electron chi connectivity index (χ3n) is 3.26. The van der Waals surface area contributed by atoms with E-state index in [0.717, 1.165) is 10.9 Å². The highest BCUT2D eigenvalue weighted by Crippen LogP contribution is 2.27. The number of amides is 1. The molecule has 2 heterocycles. The second kappa shape index (κ2) is 10.5. The largest absolute Gasteiger partial charge is 0.350 e. The lowest BCUT2D eigenvalue weighted by Crippen LogP contribution is -2.37. The summed E-state index contributed by atoms with van der Waals surface area (Å²) in [6.07, 6.45) is -0.406. The first-order valence-electron chi connectivity index (χ1n) is 6.88. The van der Waals surface area contributed by atoms with Gasteiger partial charge in [-0.1, -0.05) is 11.6 Å². The fourth-order valence-electron chi connectivity index (χ4n) is 1.89. The minimum Gasteiger partial charge on any atom is -0.350 e. The van der Waals surface area contributed by atoms with Gasteiger partial charge in [-0.2, -0.15) is 5.10 Å². The van der Waals surface area contributed by atoms with Crippen molar-refractivity contribution in [3.05, 3.63) is 40.8 Å². The van der Waals surface area contributed by atoms with Crippen molar-refractivity contribution in [2.24, 2.45) is 0 Å². The molecule has 25 heavy (non-hydrogen) atoms. The minimum absolute atomic E-state index is 0. The van der Waals surface area contributed by atoms with Gasteiger partial charge in [0.15, 0.2) is 5.82 Å². The standard InChI is InChI=1S/C14H16ClF2N5O.2ClH/c1-8(18-2)6-20-14(23)9-7-21-22(11(9)12(16)17)13-10(15)4-3-5-19-13;;/h3-5,7-8,12,18H,6H2,1-2H3,(H,20,23);2*1H. The van der Waals surface area contributed by atoms with Gasteiger partial charge in [0.2, 0.25) is 0 Å². The van der Waals surface area contributed by atoms with Crippen LogP contribution in [0.4, 0.5) is 8.78 Å². The van der Waals surface area contributed by atoms with Crippen LogP contribution in [0.3, 0.4) is 0 Å². The second-order valence-electron chi connectivity index (χ2n) is 4.86. The number of hydrogen-bond acceptors (Lipinski definition) is 4. The molecular weight excluding hydrogens is 399 g/mol. The Morgan fingerprint density at radius 2 is 2.08 bits per heavy atom. The highest BCUT2D eigenvalue weighted by atomic mass is 35.5. The van der Waals surface area contributed by atoms with Crippen LogP contribution in [0.25, 0.3) is 5.82 Å². The number of carbonyl (C=O) groups excluding carboxylic acids is 1. The summed E-state index contributed by atoms with van der Waals surface area (Å²) in [7, 11) is 1.74. The van der Waals surface area contributed by atoms with Crippen LogP contribution >= 0.6 is 36.4 Å². The average Bonchev–Trinajstić information content (AvgIpc) is 2.97. The maximum Gasteiger partial charge on any atom is 0.281 e. The smallest absolute Gasteiger partial charge is 0.281 e. The number of carbonyl (C=O) groups is 1. The van der Waals surface area contributed by atoms with Crippen LogP contribution in [0.1, 0.15) is 29.4 Å². The summed E-state index contributed by atoms with van der Waals surface area (Å²) in [6.45, 7) is 2.15. The van der Waals surface area contributed by atoms with E-state index < -0.39 is 18.0 Å². The number of nitrogens with one attached hydrogen (secondary N) is 2. The molecule has 2 N–H and O–H groups in total. The van der Waals surface area contributed by atoms with Gasteiger partial charge in [0, 0.05) is 18.8 Å². The molecule has 1 amide bonds. The second-order valence-corrected chi connectivity index (χ2v) is 5.27. The summed E-state index contributed by atoms with van der Waals surface area (Å²) in [5.74, 6) is -0.576. The van der Waals surface area contributed by atoms with Gasteiger partial charge in [0.1, 0.15) is 5.69 Å². The highest BCUT2D eigenvalue weighted by molar-refractivity contribution is 6.32. The van der Waals surface area contributed by atoms with Gasteiger partial charge >= 0.3 is 0 Å². The lowest BCUT2D eigenvalue weighted by Gasteiger charge is -2.12. The van der Waals surface area contributed by atoms with Crippen LogP contribution in [0, 0.1) is 0 Å². The van der Waals surface area contributed by atoms with Crippen molar-refractivity contribution in [1.29, 1.82) is 0 Å². The van der Waals surface area contributed by atoms with E-state index in [4.69, 9.17) is 11.6 Å². The summed E-state index contributed by atoms with van der Waals surface area (Å²) in [5.41, 5.74) is -0.745. The lowest BCUT2D eigenvalue weighted by molar-refractivity contribution is 0.0934. The third kappa shape index (κ3) is 5.50. The number of halogens is 5. The molecule has 6 nitrogen and oxygen atoms in total. The number of pyridine rings is 1. The van der Waals surface area contributed by atoms with E-state index in [9.17, 15) is 13.6 Å². The van der Waals surface area contributed by atoms with E-state index >= 15 is 0 Å². The molecule has 0 aromatic carbocycles. The molecule has 1 atom stereocenters. The number of alkyl halides is 2. The van der Waals surface area contributed by atoms with Crippen molar-refractivity contribution < 1.29 is 13.6 Å². The molecule has 0 aliphatic rings. The van der Waals surface area contributed by atoms with Crippen molar-refractivity contribution >= 4 is 42.3 Å². The molecule has 2 rings (SSSR count). The molecule has 0 fully saturated rings. The molecule has 0 saturated heterocycles. The summed E-state index contributed by atoms with van der Waals surface area (Å²) in [4.78, 5) is 16.1. The molecule has 0 aliphatic carbocycles. The SMILES string of the molecule is CNC(C)CNC(=O)c1cnn(-c2ncccc2Cl)c1C(F)F.Cl.Cl. The molecule has 2 aromatic rings. The number of aromatic nitrogens is 3. The van der Waals surface area contributed by atoms with Gasteiger partial charge < -0.3 is 10.6 Å². The van der Waals surface area contributed by atoms with Gasteiger partial charge in [-0.25, -0.2) is 18.4 Å². The topological polar surface area (TPSA) is 71.8 Å². The van der Waals surface area contributed by atoms with Crippen molar-refractivity contribution in [3.63, 3.8) is 0 Å². The summed E-state index contributed by atoms with van der Waals surface area (Å²) in [5, 5.41) is 9.53. The Labute approximate surface area is 161 Å². The predicted octanol–water partition coefficient (Wildman–Crippen LogP) is 3.04. The Morgan fingerprint density at radius 1 is 1.40 bits per heavy atom. The van der Waals surface area contributed by atoms with Gasteiger partial charge in [-0.15, -0.1) is 24.8 Å². The number of rotatable bonds is 6. The van der Waals surface area contributed by atoms with E-state index in [0.29, 0.717) is 6.54 Å². The first-order valence-corrected chi connectivity index (χ1v) is 7.26. The Bertz CT molecular complexity index is 699. The van der Waals surface area contributed by atoms with Crippen LogP contribution in [0.2, 0.25) is 5.02 Å². The first-order chi connectivity index (χ1) is 11.0. The normalized spacial score (nSPS) is 11.4. The lowest BCUT2D eigenvalue weighted by atomic mass is 10.2. The van der Waals surface area contributed by atoms with Gasteiger partial charge in [-0.3, -0.25) is 4.79 Å². The zero-order valence-corrected chi connectivity index (χ0v) is 15.8. The van der Waals surface area contributed by atoms with Gasteiger partial charge in [0.25, 0.3) is 12.3 Å². The maximum atomic E-state index is 13.4. The fourth-order valence-corrected chi connectivity index (χ4v) is 2.09. The number of likely N-dealkylation sites (N-methyl/N-ethyl adjacent to an activating group) is 1. The molecule has 0 saturated carbocycles. The van der Waals surface area contributed by atoms with Crippen LogP contribution < -0.4 is 10.6 Å². The van der Waals surface area contributed by atoms with Gasteiger partial charge in [0.05, 0.1) is 16.8 Å². The quantitative estimate of drug-likeness (QED) is 0.759. The van der Waals surface area contributed by atoms with Crippen LogP contribution in [-0.4, -0.2) is 40.3 Å². The van der Waals surface area contributed by atoms with E-state index in [2.05, 4.69) is 20.7 Å². The molecule has 11 heteroatoms. The van der Waals surface area contributed by atoms with Gasteiger partial charge in [-0.05, 0) is 26.1 Å². The zero-order valence-electron chi connectivity index (χ0n) is 13.4. The average molecular weight is 417 g/mol.